The van der Waals surface area contributed by atoms with Gasteiger partial charge in [-0.25, -0.2) is 26.9 Å². The Labute approximate surface area is 562 Å². The molecule has 6 fully saturated rings. The number of unbranched alkanes of at least 4 members (excludes halogenated alkanes) is 2. The Morgan fingerprint density at radius 2 is 0.640 bits per heavy atom. The first-order valence-electron chi connectivity index (χ1n) is 28.0. The number of hydrogen-bond donors (Lipinski definition) is 23. The van der Waals surface area contributed by atoms with Crippen LogP contribution in [0.1, 0.15) is 19.3 Å². The summed E-state index contributed by atoms with van der Waals surface area (Å²) in [4.78, 5) is 37.9. The number of nitrogens with two attached hydrogens (primary N) is 1. The number of aliphatic hydroxyl groups is 10. The molecule has 6 heterocycles. The average Bonchev–Trinajstić information content (AvgIpc) is 0.765. The molecule has 584 valence electrons. The van der Waals surface area contributed by atoms with E-state index < -0.39 is 284 Å². The zero-order valence-electron chi connectivity index (χ0n) is 49.7. The number of aliphatic carboxylic acids is 3. The summed E-state index contributed by atoms with van der Waals surface area (Å²) in [6.07, 6.45) is -72.8. The zero-order chi connectivity index (χ0) is 75.4. The molecule has 0 radical (unpaired) electrons. The van der Waals surface area contributed by atoms with Gasteiger partial charge in [0.2, 0.25) is 0 Å². The Kier molecular flexibility index (Phi) is 29.6. The number of aliphatic hydroxyl groups excluding tert-OH is 10. The van der Waals surface area contributed by atoms with Gasteiger partial charge >= 0.3 is 80.0 Å². The average molecular weight is 1600 g/mol. The molecule has 100 heavy (non-hydrogen) atoms. The van der Waals surface area contributed by atoms with Crippen LogP contribution in [0.15, 0.2) is 0 Å². The molecule has 6 saturated heterocycles. The lowest BCUT2D eigenvalue weighted by Crippen LogP contribution is -2.71. The molecule has 53 nitrogen and oxygen atoms in total. The third kappa shape index (κ3) is 22.6. The quantitative estimate of drug-likeness (QED) is 0.0210. The monoisotopic (exact) mass is 1590 g/mol. The van der Waals surface area contributed by atoms with Crippen LogP contribution in [-0.2, 0) is 146 Å². The van der Waals surface area contributed by atoms with E-state index in [1.165, 1.54) is 9.44 Å². The molecule has 24 N–H and O–H groups in total. The lowest BCUT2D eigenvalue weighted by atomic mass is 9.94. The Morgan fingerprint density at radius 1 is 0.350 bits per heavy atom. The van der Waals surface area contributed by atoms with E-state index in [0.29, 0.717) is 12.8 Å². The van der Waals surface area contributed by atoms with Crippen molar-refractivity contribution in [3.05, 3.63) is 0 Å². The predicted molar refractivity (Wildman–Crippen MR) is 296 cm³/mol. The molecule has 0 aliphatic carbocycles. The van der Waals surface area contributed by atoms with Crippen molar-refractivity contribution in [3.63, 3.8) is 0 Å². The van der Waals surface area contributed by atoms with Gasteiger partial charge in [0.05, 0.1) is 19.8 Å². The molecule has 6 aliphatic rings. The van der Waals surface area contributed by atoms with Crippen LogP contribution in [0.4, 0.5) is 0 Å². The molecule has 0 unspecified atom stereocenters. The predicted octanol–water partition coefficient (Wildman–Crippen LogP) is -15.0. The summed E-state index contributed by atoms with van der Waals surface area (Å²) >= 11 is 0. The summed E-state index contributed by atoms with van der Waals surface area (Å²) in [5.74, 6) is -6.85. The number of ether oxygens (including phenoxy) is 12. The summed E-state index contributed by atoms with van der Waals surface area (Å²) in [5.41, 5.74) is 5.47. The van der Waals surface area contributed by atoms with E-state index in [1.807, 2.05) is 0 Å². The van der Waals surface area contributed by atoms with Crippen LogP contribution >= 0.6 is 0 Å². The molecule has 0 aromatic carbocycles. The molecule has 0 aromatic heterocycles. The van der Waals surface area contributed by atoms with Gasteiger partial charge in [-0.3, -0.25) is 27.3 Å². The normalized spacial score (nSPS) is 40.5. The number of nitrogens with one attached hydrogen (secondary N) is 3. The van der Waals surface area contributed by atoms with Crippen LogP contribution < -0.4 is 19.9 Å². The largest absolute Gasteiger partial charge is 0.479 e. The zero-order valence-corrected chi connectivity index (χ0v) is 54.6. The highest BCUT2D eigenvalue weighted by atomic mass is 32.3. The maximum atomic E-state index is 13.0. The van der Waals surface area contributed by atoms with Crippen LogP contribution in [0.3, 0.4) is 0 Å². The number of hydrogen-bond acceptors (Lipinski definition) is 41. The van der Waals surface area contributed by atoms with E-state index in [2.05, 4.69) is 12.5 Å². The third-order valence-electron chi connectivity index (χ3n) is 15.0. The van der Waals surface area contributed by atoms with Crippen molar-refractivity contribution < 1.29 is 228 Å². The molecule has 0 amide bonds. The molecular formula is C41H70N4O49S6. The highest BCUT2D eigenvalue weighted by molar-refractivity contribution is 7.84. The maximum absolute atomic E-state index is 13.0. The molecule has 0 aromatic rings. The number of carbonyl (C=O) groups is 3. The highest BCUT2D eigenvalue weighted by Gasteiger charge is 2.62. The van der Waals surface area contributed by atoms with E-state index in [0.717, 1.165) is 0 Å². The first-order chi connectivity index (χ1) is 46.0. The first kappa shape index (κ1) is 85.6. The minimum Gasteiger partial charge on any atom is -0.479 e. The van der Waals surface area contributed by atoms with Crippen molar-refractivity contribution in [2.45, 2.75) is 203 Å². The molecule has 0 spiro atoms. The van der Waals surface area contributed by atoms with Gasteiger partial charge in [-0.15, -0.1) is 0 Å². The van der Waals surface area contributed by atoms with Crippen molar-refractivity contribution in [1.82, 2.24) is 14.2 Å². The fourth-order valence-corrected chi connectivity index (χ4v) is 14.1. The van der Waals surface area contributed by atoms with E-state index in [-0.39, 0.29) is 19.6 Å². The Bertz CT molecular complexity index is 3480. The second kappa shape index (κ2) is 34.5. The second-order valence-electron chi connectivity index (χ2n) is 21.9. The SMILES string of the molecule is NCCCCCO[C@H]1O[C@H](CO)[C@@H](O[C@@H]2O[C@@H](C(=O)O)[C@@H](O[C@H]3O[C@H](CO)[C@@H](O[C@@H]4O[C@@H](C(=O)O)[C@@H](O[C@H]5O[C@H](CO)[C@@H](O[C@@H]6O[C@@H](C(=O)O)[C@@H](O)[C@H](O)[C@H]6OS(=O)(=O)O)[C@H](O)[C@H]5NS(=O)(=O)O)[C@H](O)[C@H]4OS(=O)(=O)O)[C@H](O)[C@H]3NS(=O)(=O)O)[C@H](O)[C@H]2OS(=O)(=O)O)[C@H](O)[C@H]1NS(=O)(=O)O. The number of carboxylic acids is 3. The van der Waals surface area contributed by atoms with Crippen molar-refractivity contribution in [1.29, 1.82) is 0 Å². The van der Waals surface area contributed by atoms with Gasteiger partial charge in [0, 0.05) is 6.61 Å². The van der Waals surface area contributed by atoms with E-state index in [1.54, 1.807) is 4.72 Å². The second-order valence-corrected chi connectivity index (χ2v) is 28.6. The lowest BCUT2D eigenvalue weighted by molar-refractivity contribution is -0.376. The van der Waals surface area contributed by atoms with Crippen molar-refractivity contribution in [2.75, 3.05) is 33.0 Å². The summed E-state index contributed by atoms with van der Waals surface area (Å²) in [6.45, 7) is -4.47. The fourth-order valence-electron chi connectivity index (χ4n) is 10.8. The smallest absolute Gasteiger partial charge is 0.397 e. The fraction of sp³-hybridized carbons (Fsp3) is 0.927. The molecule has 0 bridgehead atoms. The summed E-state index contributed by atoms with van der Waals surface area (Å²) in [7, 11) is -34.9. The summed E-state index contributed by atoms with van der Waals surface area (Å²) in [6, 6.07) is -7.83. The van der Waals surface area contributed by atoms with Crippen LogP contribution in [0.25, 0.3) is 0 Å². The van der Waals surface area contributed by atoms with Crippen LogP contribution in [-0.4, -0.2) is 379 Å². The first-order valence-corrected chi connectivity index (χ1v) is 36.4. The van der Waals surface area contributed by atoms with Gasteiger partial charge in [-0.1, -0.05) is 0 Å². The van der Waals surface area contributed by atoms with Gasteiger partial charge in [-0.05, 0) is 25.8 Å². The molecule has 6 aliphatic heterocycles. The Balaban J connectivity index is 1.31. The Morgan fingerprint density at radius 3 is 0.930 bits per heavy atom. The van der Waals surface area contributed by atoms with Crippen LogP contribution in [0.2, 0.25) is 0 Å². The van der Waals surface area contributed by atoms with Gasteiger partial charge in [0.1, 0.15) is 110 Å². The molecule has 30 atom stereocenters. The van der Waals surface area contributed by atoms with Gasteiger partial charge < -0.3 is 129 Å². The van der Waals surface area contributed by atoms with E-state index >= 15 is 0 Å². The minimum atomic E-state index is -6.13. The third-order valence-corrected chi connectivity index (χ3v) is 18.1. The number of carboxylic acid groups (broad SMARTS) is 3. The van der Waals surface area contributed by atoms with Crippen molar-refractivity contribution in [3.8, 4) is 0 Å². The van der Waals surface area contributed by atoms with E-state index in [4.69, 9.17) is 62.6 Å². The van der Waals surface area contributed by atoms with Gasteiger partial charge in [-0.2, -0.15) is 64.7 Å². The summed E-state index contributed by atoms with van der Waals surface area (Å²) in [5, 5.41) is 141. The topological polar surface area (TPSA) is 841 Å². The number of rotatable bonds is 34. The van der Waals surface area contributed by atoms with Gasteiger partial charge in [0.25, 0.3) is 0 Å². The highest BCUT2D eigenvalue weighted by Crippen LogP contribution is 2.39. The minimum absolute atomic E-state index is 0.226. The van der Waals surface area contributed by atoms with Crippen LogP contribution in [0, 0.1) is 0 Å². The Hall–Kier alpha value is -3.29. The molecule has 59 heteroatoms. The van der Waals surface area contributed by atoms with Crippen LogP contribution in [0.5, 0.6) is 0 Å². The standard InChI is InChI=1S/C41H70N4O49S6/c42-4-2-1-3-5-80-36-12(43-95(62,63)64)15(49)22(9(6-46)81-36)85-40-29(93-99(74,75)76)20(54)25(31(90-40)34(58)59)88-38-14(45-97(68,69)70)17(51)24(11(8-48)83-38)86-41-30(94-100(77,78)79)21(55)26(32(91-41)35(60)61)87-37-13(44-96(65,66)67)16(50)23(10(7-47)82-37)84-39-28(92-98(71,72)73)19(53)18(52)27(89-39)33(56)57/h9-32,36-41,43-55H,1-8,42H2,(H,56,57)(H,58,59)(H,60,61)(H,62,63,64)(H,65,66,67)(H,68,69,70)(H,71,72,73)(H,74,75,76)(H,77,78,79)/t9-,10-,11-,12-,13-,14-,15-,16-,17-,18+,19+,20+,21+,22-,23-,24-,25+,26+,27-,28-,29-,30-,31-,32-,36+,37-,38-,39-,40-,41-/m1/s1. The van der Waals surface area contributed by atoms with Crippen molar-refractivity contribution in [2.24, 2.45) is 5.73 Å². The lowest BCUT2D eigenvalue weighted by Gasteiger charge is -2.50. The summed E-state index contributed by atoms with van der Waals surface area (Å²) < 4.78 is 288. The molecule has 6 rings (SSSR count). The molecule has 0 saturated carbocycles. The molecular weight excluding hydrogens is 1520 g/mol. The van der Waals surface area contributed by atoms with E-state index in [9.17, 15) is 159 Å². The van der Waals surface area contributed by atoms with Gasteiger partial charge in [0.15, 0.2) is 74.4 Å². The van der Waals surface area contributed by atoms with Crippen molar-refractivity contribution >= 4 is 80.0 Å². The maximum Gasteiger partial charge on any atom is 0.397 e.